The Balaban J connectivity index is 2.40. The van der Waals surface area contributed by atoms with Crippen molar-refractivity contribution in [1.29, 1.82) is 10.5 Å². The quantitative estimate of drug-likeness (QED) is 0.777. The molecule has 2 rings (SSSR count). The molecule has 17 heavy (non-hydrogen) atoms. The van der Waals surface area contributed by atoms with E-state index in [2.05, 4.69) is 12.1 Å². The maximum absolute atomic E-state index is 9.01. The number of benzene rings is 2. The molecule has 0 aromatic heterocycles. The summed E-state index contributed by atoms with van der Waals surface area (Å²) in [4.78, 5) is 0. The standard InChI is InChI=1S/C15H10N2/c16-10-14-7-3-1-5-12(14)9-13-6-2-4-8-15(13)11-17/h1-8H,9H2. The fraction of sp³-hybridized carbons (Fsp3) is 0.0667. The zero-order valence-electron chi connectivity index (χ0n) is 9.22. The molecule has 0 radical (unpaired) electrons. The van der Waals surface area contributed by atoms with Gasteiger partial charge in [-0.2, -0.15) is 10.5 Å². The van der Waals surface area contributed by atoms with Crippen molar-refractivity contribution in [3.05, 3.63) is 70.8 Å². The molecule has 2 nitrogen and oxygen atoms in total. The van der Waals surface area contributed by atoms with Gasteiger partial charge >= 0.3 is 0 Å². The Kier molecular flexibility index (Phi) is 3.19. The number of nitrogens with zero attached hydrogens (tertiary/aromatic N) is 2. The molecule has 2 heteroatoms. The van der Waals surface area contributed by atoms with Gasteiger partial charge in [-0.05, 0) is 23.3 Å². The van der Waals surface area contributed by atoms with Gasteiger partial charge in [-0.25, -0.2) is 0 Å². The van der Waals surface area contributed by atoms with Gasteiger partial charge in [0.1, 0.15) is 0 Å². The zero-order chi connectivity index (χ0) is 12.1. The predicted molar refractivity (Wildman–Crippen MR) is 65.1 cm³/mol. The first-order chi connectivity index (χ1) is 8.35. The van der Waals surface area contributed by atoms with E-state index in [-0.39, 0.29) is 0 Å². The highest BCUT2D eigenvalue weighted by molar-refractivity contribution is 5.45. The van der Waals surface area contributed by atoms with E-state index < -0.39 is 0 Å². The predicted octanol–water partition coefficient (Wildman–Crippen LogP) is 3.02. The molecule has 80 valence electrons. The Morgan fingerprint density at radius 1 is 0.706 bits per heavy atom. The molecule has 0 amide bonds. The summed E-state index contributed by atoms with van der Waals surface area (Å²) in [6, 6.07) is 19.3. The van der Waals surface area contributed by atoms with Gasteiger partial charge in [0.15, 0.2) is 0 Å². The summed E-state index contributed by atoms with van der Waals surface area (Å²) in [6.45, 7) is 0. The van der Waals surface area contributed by atoms with Crippen LogP contribution in [-0.2, 0) is 6.42 Å². The van der Waals surface area contributed by atoms with Crippen molar-refractivity contribution in [2.45, 2.75) is 6.42 Å². The molecule has 0 N–H and O–H groups in total. The average molecular weight is 218 g/mol. The highest BCUT2D eigenvalue weighted by atomic mass is 14.3. The number of hydrogen-bond donors (Lipinski definition) is 0. The van der Waals surface area contributed by atoms with E-state index in [4.69, 9.17) is 10.5 Å². The van der Waals surface area contributed by atoms with E-state index in [0.29, 0.717) is 17.5 Å². The SMILES string of the molecule is N#Cc1ccccc1Cc1ccccc1C#N. The molecule has 0 heterocycles. The van der Waals surface area contributed by atoms with Gasteiger partial charge in [0.05, 0.1) is 23.3 Å². The van der Waals surface area contributed by atoms with E-state index in [1.54, 1.807) is 12.1 Å². The van der Waals surface area contributed by atoms with E-state index in [0.717, 1.165) is 11.1 Å². The van der Waals surface area contributed by atoms with Crippen LogP contribution in [0.2, 0.25) is 0 Å². The van der Waals surface area contributed by atoms with Gasteiger partial charge in [0.25, 0.3) is 0 Å². The Bertz CT molecular complexity index is 560. The monoisotopic (exact) mass is 218 g/mol. The van der Waals surface area contributed by atoms with Crippen LogP contribution in [-0.4, -0.2) is 0 Å². The Morgan fingerprint density at radius 2 is 1.12 bits per heavy atom. The van der Waals surface area contributed by atoms with Crippen molar-refractivity contribution in [1.82, 2.24) is 0 Å². The van der Waals surface area contributed by atoms with Crippen LogP contribution in [0.15, 0.2) is 48.5 Å². The van der Waals surface area contributed by atoms with Gasteiger partial charge in [-0.3, -0.25) is 0 Å². The topological polar surface area (TPSA) is 47.6 Å². The lowest BCUT2D eigenvalue weighted by atomic mass is 9.97. The van der Waals surface area contributed by atoms with Gasteiger partial charge < -0.3 is 0 Å². The third-order valence-electron chi connectivity index (χ3n) is 2.66. The van der Waals surface area contributed by atoms with Crippen molar-refractivity contribution in [2.75, 3.05) is 0 Å². The third-order valence-corrected chi connectivity index (χ3v) is 2.66. The fourth-order valence-electron chi connectivity index (χ4n) is 1.77. The Hall–Kier alpha value is -2.58. The fourth-order valence-corrected chi connectivity index (χ4v) is 1.77. The molecule has 0 aliphatic heterocycles. The van der Waals surface area contributed by atoms with Crippen LogP contribution in [0.3, 0.4) is 0 Å². The van der Waals surface area contributed by atoms with Crippen molar-refractivity contribution in [2.24, 2.45) is 0 Å². The largest absolute Gasteiger partial charge is 0.192 e. The first kappa shape index (κ1) is 10.9. The maximum Gasteiger partial charge on any atom is 0.0994 e. The van der Waals surface area contributed by atoms with Gasteiger partial charge in [-0.15, -0.1) is 0 Å². The normalized spacial score (nSPS) is 9.29. The first-order valence-corrected chi connectivity index (χ1v) is 5.31. The van der Waals surface area contributed by atoms with Crippen LogP contribution in [0.5, 0.6) is 0 Å². The Labute approximate surface area is 100 Å². The lowest BCUT2D eigenvalue weighted by molar-refractivity contribution is 1.16. The van der Waals surface area contributed by atoms with Crippen LogP contribution in [0.25, 0.3) is 0 Å². The summed E-state index contributed by atoms with van der Waals surface area (Å²) in [7, 11) is 0. The second-order valence-corrected chi connectivity index (χ2v) is 3.71. The number of nitriles is 2. The molecule has 0 saturated carbocycles. The molecule has 2 aromatic carbocycles. The summed E-state index contributed by atoms with van der Waals surface area (Å²) in [5.74, 6) is 0. The average Bonchev–Trinajstić information content (AvgIpc) is 2.40. The van der Waals surface area contributed by atoms with Crippen LogP contribution in [0.4, 0.5) is 0 Å². The summed E-state index contributed by atoms with van der Waals surface area (Å²) in [5.41, 5.74) is 3.25. The molecular weight excluding hydrogens is 208 g/mol. The lowest BCUT2D eigenvalue weighted by Gasteiger charge is -2.05. The molecule has 0 bridgehead atoms. The Morgan fingerprint density at radius 3 is 1.53 bits per heavy atom. The maximum atomic E-state index is 9.01. The summed E-state index contributed by atoms with van der Waals surface area (Å²) < 4.78 is 0. The molecule has 0 fully saturated rings. The number of hydrogen-bond acceptors (Lipinski definition) is 2. The second kappa shape index (κ2) is 4.96. The zero-order valence-corrected chi connectivity index (χ0v) is 9.22. The molecule has 0 unspecified atom stereocenters. The minimum atomic E-state index is 0.619. The summed E-state index contributed by atoms with van der Waals surface area (Å²) in [6.07, 6.45) is 0.619. The highest BCUT2D eigenvalue weighted by Gasteiger charge is 2.05. The summed E-state index contributed by atoms with van der Waals surface area (Å²) in [5, 5.41) is 18.0. The molecular formula is C15H10N2. The molecule has 2 aromatic rings. The third kappa shape index (κ3) is 2.33. The molecule has 0 aliphatic rings. The van der Waals surface area contributed by atoms with E-state index >= 15 is 0 Å². The molecule has 0 saturated heterocycles. The smallest absolute Gasteiger partial charge is 0.0994 e. The first-order valence-electron chi connectivity index (χ1n) is 5.31. The highest BCUT2D eigenvalue weighted by Crippen LogP contribution is 2.16. The van der Waals surface area contributed by atoms with Crippen molar-refractivity contribution in [3.63, 3.8) is 0 Å². The van der Waals surface area contributed by atoms with Crippen LogP contribution >= 0.6 is 0 Å². The number of rotatable bonds is 2. The van der Waals surface area contributed by atoms with E-state index in [9.17, 15) is 0 Å². The van der Waals surface area contributed by atoms with Gasteiger partial charge in [-0.1, -0.05) is 36.4 Å². The minimum absolute atomic E-state index is 0.619. The van der Waals surface area contributed by atoms with Crippen LogP contribution in [0.1, 0.15) is 22.3 Å². The molecule has 0 atom stereocenters. The van der Waals surface area contributed by atoms with Crippen molar-refractivity contribution in [3.8, 4) is 12.1 Å². The van der Waals surface area contributed by atoms with Crippen molar-refractivity contribution >= 4 is 0 Å². The minimum Gasteiger partial charge on any atom is -0.192 e. The van der Waals surface area contributed by atoms with Gasteiger partial charge in [0.2, 0.25) is 0 Å². The summed E-state index contributed by atoms with van der Waals surface area (Å²) >= 11 is 0. The molecule has 0 aliphatic carbocycles. The van der Waals surface area contributed by atoms with Gasteiger partial charge in [0, 0.05) is 6.42 Å². The van der Waals surface area contributed by atoms with Crippen LogP contribution < -0.4 is 0 Å². The lowest BCUT2D eigenvalue weighted by Crippen LogP contribution is -1.94. The molecule has 0 spiro atoms. The second-order valence-electron chi connectivity index (χ2n) is 3.71. The van der Waals surface area contributed by atoms with Crippen LogP contribution in [0, 0.1) is 22.7 Å². The van der Waals surface area contributed by atoms with Crippen molar-refractivity contribution < 1.29 is 0 Å². The van der Waals surface area contributed by atoms with E-state index in [1.807, 2.05) is 36.4 Å². The van der Waals surface area contributed by atoms with E-state index in [1.165, 1.54) is 0 Å².